The number of para-hydroxylation sites is 1. The second kappa shape index (κ2) is 3.37. The molecule has 0 unspecified atom stereocenters. The minimum atomic E-state index is 0.940. The Balaban J connectivity index is 2.14. The number of thioether (sulfide) groups is 1. The van der Waals surface area contributed by atoms with Crippen LogP contribution >= 0.6 is 23.1 Å². The molecule has 4 heteroatoms. The van der Waals surface area contributed by atoms with E-state index < -0.39 is 0 Å². The van der Waals surface area contributed by atoms with Crippen molar-refractivity contribution in [2.45, 2.75) is 0 Å². The molecule has 2 nitrogen and oxygen atoms in total. The summed E-state index contributed by atoms with van der Waals surface area (Å²) in [5.41, 5.74) is 1.09. The first-order chi connectivity index (χ1) is 6.93. The summed E-state index contributed by atoms with van der Waals surface area (Å²) >= 11 is 3.54. The summed E-state index contributed by atoms with van der Waals surface area (Å²) in [4.78, 5) is 8.99. The van der Waals surface area contributed by atoms with Crippen molar-refractivity contribution in [3.63, 3.8) is 0 Å². The van der Waals surface area contributed by atoms with Gasteiger partial charge < -0.3 is 0 Å². The zero-order valence-corrected chi connectivity index (χ0v) is 9.07. The van der Waals surface area contributed by atoms with E-state index >= 15 is 0 Å². The molecule has 0 spiro atoms. The molecule has 0 fully saturated rings. The maximum Gasteiger partial charge on any atom is 0.149 e. The first kappa shape index (κ1) is 8.44. The Labute approximate surface area is 90.1 Å². The van der Waals surface area contributed by atoms with Gasteiger partial charge in [-0.2, -0.15) is 0 Å². The van der Waals surface area contributed by atoms with E-state index in [1.165, 1.54) is 4.70 Å². The van der Waals surface area contributed by atoms with Gasteiger partial charge in [0.25, 0.3) is 0 Å². The first-order valence-corrected chi connectivity index (χ1v) is 6.27. The van der Waals surface area contributed by atoms with Gasteiger partial charge in [-0.25, -0.2) is 4.98 Å². The molecule has 1 aromatic heterocycles. The maximum atomic E-state index is 4.56. The lowest BCUT2D eigenvalue weighted by Gasteiger charge is -1.89. The number of thiazole rings is 1. The molecule has 0 atom stereocenters. The smallest absolute Gasteiger partial charge is 0.149 e. The molecule has 14 heavy (non-hydrogen) atoms. The molecule has 1 aliphatic rings. The third kappa shape index (κ3) is 1.35. The Morgan fingerprint density at radius 2 is 2.14 bits per heavy atom. The van der Waals surface area contributed by atoms with Crippen molar-refractivity contribution in [3.8, 4) is 0 Å². The van der Waals surface area contributed by atoms with Crippen LogP contribution in [0.25, 0.3) is 10.2 Å². The zero-order valence-electron chi connectivity index (χ0n) is 7.43. The Morgan fingerprint density at radius 3 is 2.93 bits per heavy atom. The number of aromatic nitrogens is 1. The van der Waals surface area contributed by atoms with E-state index in [9.17, 15) is 0 Å². The monoisotopic (exact) mass is 220 g/mol. The summed E-state index contributed by atoms with van der Waals surface area (Å²) in [6.45, 7) is 0.940. The highest BCUT2D eigenvalue weighted by molar-refractivity contribution is 8.15. The van der Waals surface area contributed by atoms with Gasteiger partial charge in [-0.05, 0) is 12.1 Å². The molecular weight excluding hydrogens is 212 g/mol. The van der Waals surface area contributed by atoms with Gasteiger partial charge in [0.2, 0.25) is 0 Å². The third-order valence-corrected chi connectivity index (χ3v) is 4.22. The van der Waals surface area contributed by atoms with Crippen LogP contribution in [-0.2, 0) is 0 Å². The van der Waals surface area contributed by atoms with Gasteiger partial charge >= 0.3 is 0 Å². The highest BCUT2D eigenvalue weighted by Gasteiger charge is 2.13. The molecule has 70 valence electrons. The van der Waals surface area contributed by atoms with E-state index in [2.05, 4.69) is 22.1 Å². The van der Waals surface area contributed by atoms with Crippen LogP contribution in [0.1, 0.15) is 5.01 Å². The molecule has 0 N–H and O–H groups in total. The van der Waals surface area contributed by atoms with Crippen molar-refractivity contribution in [1.29, 1.82) is 0 Å². The largest absolute Gasteiger partial charge is 0.274 e. The fourth-order valence-electron chi connectivity index (χ4n) is 1.43. The predicted octanol–water partition coefficient (Wildman–Crippen LogP) is 2.79. The normalized spacial score (nSPS) is 16.1. The summed E-state index contributed by atoms with van der Waals surface area (Å²) in [5, 5.41) is 2.19. The predicted molar refractivity (Wildman–Crippen MR) is 63.5 cm³/mol. The van der Waals surface area contributed by atoms with Crippen LogP contribution in [0, 0.1) is 0 Å². The highest BCUT2D eigenvalue weighted by atomic mass is 32.2. The molecular formula is C10H8N2S2. The summed E-state index contributed by atoms with van der Waals surface area (Å²) in [5.74, 6) is 1.10. The van der Waals surface area contributed by atoms with Gasteiger partial charge in [-0.3, -0.25) is 4.99 Å². The maximum absolute atomic E-state index is 4.56. The van der Waals surface area contributed by atoms with Crippen molar-refractivity contribution < 1.29 is 0 Å². The van der Waals surface area contributed by atoms with Crippen LogP contribution in [0.4, 0.5) is 0 Å². The molecule has 3 rings (SSSR count). The summed E-state index contributed by atoms with van der Waals surface area (Å²) in [6.07, 6.45) is 0. The van der Waals surface area contributed by atoms with E-state index in [4.69, 9.17) is 0 Å². The van der Waals surface area contributed by atoms with Gasteiger partial charge in [-0.1, -0.05) is 12.1 Å². The Hall–Kier alpha value is -0.870. The molecule has 2 heterocycles. The van der Waals surface area contributed by atoms with Crippen molar-refractivity contribution >= 4 is 38.4 Å². The van der Waals surface area contributed by atoms with Crippen molar-refractivity contribution in [2.75, 3.05) is 12.3 Å². The standard InChI is InChI=1S/C10H8N2S2/c1-2-4-8-7(3-1)12-10(14-8)9-11-5-6-13-9/h1-4H,5-6H2. The number of fused-ring (bicyclic) bond motifs is 1. The van der Waals surface area contributed by atoms with Gasteiger partial charge in [0.15, 0.2) is 0 Å². The van der Waals surface area contributed by atoms with E-state index in [1.807, 2.05) is 23.9 Å². The lowest BCUT2D eigenvalue weighted by Crippen LogP contribution is -1.88. The van der Waals surface area contributed by atoms with Crippen LogP contribution < -0.4 is 0 Å². The minimum Gasteiger partial charge on any atom is -0.274 e. The molecule has 0 radical (unpaired) electrons. The number of hydrogen-bond donors (Lipinski definition) is 0. The lowest BCUT2D eigenvalue weighted by atomic mass is 10.3. The second-order valence-corrected chi connectivity index (χ2v) is 5.14. The summed E-state index contributed by atoms with van der Waals surface area (Å²) in [6, 6.07) is 8.23. The van der Waals surface area contributed by atoms with Crippen LogP contribution in [0.3, 0.4) is 0 Å². The average molecular weight is 220 g/mol. The number of rotatable bonds is 1. The van der Waals surface area contributed by atoms with Gasteiger partial charge in [-0.15, -0.1) is 23.1 Å². The van der Waals surface area contributed by atoms with Crippen LogP contribution in [0.5, 0.6) is 0 Å². The Kier molecular flexibility index (Phi) is 2.03. The van der Waals surface area contributed by atoms with E-state index in [0.717, 1.165) is 27.9 Å². The van der Waals surface area contributed by atoms with Crippen molar-refractivity contribution in [1.82, 2.24) is 4.98 Å². The van der Waals surface area contributed by atoms with Crippen molar-refractivity contribution in [2.24, 2.45) is 4.99 Å². The molecule has 2 aromatic rings. The number of nitrogens with zero attached hydrogens (tertiary/aromatic N) is 2. The fraction of sp³-hybridized carbons (Fsp3) is 0.200. The molecule has 0 saturated carbocycles. The molecule has 0 amide bonds. The Morgan fingerprint density at radius 1 is 1.21 bits per heavy atom. The average Bonchev–Trinajstić information content (AvgIpc) is 2.86. The summed E-state index contributed by atoms with van der Waals surface area (Å²) < 4.78 is 1.25. The summed E-state index contributed by atoms with van der Waals surface area (Å²) in [7, 11) is 0. The van der Waals surface area contributed by atoms with Gasteiger partial charge in [0, 0.05) is 12.3 Å². The van der Waals surface area contributed by atoms with E-state index in [0.29, 0.717) is 0 Å². The van der Waals surface area contributed by atoms with Crippen LogP contribution in [0.2, 0.25) is 0 Å². The Bertz CT molecular complexity index is 469. The number of benzene rings is 1. The molecule has 1 aliphatic heterocycles. The molecule has 1 aromatic carbocycles. The third-order valence-electron chi connectivity index (χ3n) is 2.06. The van der Waals surface area contributed by atoms with Crippen LogP contribution in [-0.4, -0.2) is 22.3 Å². The highest BCUT2D eigenvalue weighted by Crippen LogP contribution is 2.27. The van der Waals surface area contributed by atoms with Crippen molar-refractivity contribution in [3.05, 3.63) is 29.3 Å². The topological polar surface area (TPSA) is 25.2 Å². The molecule has 0 aliphatic carbocycles. The second-order valence-electron chi connectivity index (χ2n) is 3.02. The van der Waals surface area contributed by atoms with Gasteiger partial charge in [0.1, 0.15) is 10.1 Å². The van der Waals surface area contributed by atoms with Gasteiger partial charge in [0.05, 0.1) is 10.2 Å². The van der Waals surface area contributed by atoms with E-state index in [-0.39, 0.29) is 0 Å². The minimum absolute atomic E-state index is 0.940. The fourth-order valence-corrected chi connectivity index (χ4v) is 3.33. The quantitative estimate of drug-likeness (QED) is 0.738. The molecule has 0 bridgehead atoms. The first-order valence-electron chi connectivity index (χ1n) is 4.47. The van der Waals surface area contributed by atoms with Crippen LogP contribution in [0.15, 0.2) is 29.3 Å². The number of aliphatic imine (C=N–C) groups is 1. The SMILES string of the molecule is c1ccc2sc(C3=NCCS3)nc2c1. The van der Waals surface area contributed by atoms with E-state index in [1.54, 1.807) is 11.3 Å². The lowest BCUT2D eigenvalue weighted by molar-refractivity contribution is 1.17. The molecule has 0 saturated heterocycles. The number of hydrogen-bond acceptors (Lipinski definition) is 4. The zero-order chi connectivity index (χ0) is 9.38.